The van der Waals surface area contributed by atoms with Gasteiger partial charge in [-0.25, -0.2) is 4.68 Å². The molecule has 0 atom stereocenters. The summed E-state index contributed by atoms with van der Waals surface area (Å²) in [5.41, 5.74) is 2.31. The van der Waals surface area contributed by atoms with Gasteiger partial charge in [-0.2, -0.15) is 8.78 Å². The second-order valence-electron chi connectivity index (χ2n) is 6.32. The summed E-state index contributed by atoms with van der Waals surface area (Å²) in [5, 5.41) is 8.12. The van der Waals surface area contributed by atoms with Gasteiger partial charge in [-0.15, -0.1) is 5.10 Å². The van der Waals surface area contributed by atoms with Crippen LogP contribution in [-0.2, 0) is 6.54 Å². The van der Waals surface area contributed by atoms with Crippen molar-refractivity contribution in [2.45, 2.75) is 20.1 Å². The number of hydrogen-bond donors (Lipinski definition) is 0. The maximum Gasteiger partial charge on any atom is 0.387 e. The molecule has 0 saturated carbocycles. The fourth-order valence-electron chi connectivity index (χ4n) is 2.82. The first-order chi connectivity index (χ1) is 13.9. The molecule has 9 heteroatoms. The number of alkyl halides is 2. The molecule has 3 aromatic rings. The summed E-state index contributed by atoms with van der Waals surface area (Å²) in [7, 11) is 3.21. The number of amides is 1. The molecule has 0 aliphatic carbocycles. The van der Waals surface area contributed by atoms with Crippen LogP contribution in [0.25, 0.3) is 5.69 Å². The summed E-state index contributed by atoms with van der Waals surface area (Å²) in [5.74, 6) is 0.432. The molecule has 0 aliphatic rings. The molecule has 0 fully saturated rings. The van der Waals surface area contributed by atoms with Gasteiger partial charge < -0.3 is 14.4 Å². The number of methoxy groups -OCH3 is 1. The van der Waals surface area contributed by atoms with E-state index < -0.39 is 6.61 Å². The molecule has 0 aliphatic heterocycles. The van der Waals surface area contributed by atoms with Crippen LogP contribution >= 0.6 is 0 Å². The number of carbonyl (C=O) groups excluding carboxylic acids is 1. The predicted molar refractivity (Wildman–Crippen MR) is 102 cm³/mol. The summed E-state index contributed by atoms with van der Waals surface area (Å²) < 4.78 is 35.6. The number of benzene rings is 2. The van der Waals surface area contributed by atoms with Crippen molar-refractivity contribution >= 4 is 5.91 Å². The highest BCUT2D eigenvalue weighted by Gasteiger charge is 2.21. The maximum absolute atomic E-state index is 12.8. The monoisotopic (exact) mass is 402 g/mol. The molecule has 0 radical (unpaired) electrons. The molecule has 1 amide bonds. The van der Waals surface area contributed by atoms with E-state index in [4.69, 9.17) is 4.74 Å². The Morgan fingerprint density at radius 1 is 1.17 bits per heavy atom. The minimum atomic E-state index is -2.87. The van der Waals surface area contributed by atoms with Gasteiger partial charge in [-0.05, 0) is 36.8 Å². The van der Waals surface area contributed by atoms with Crippen LogP contribution in [0.1, 0.15) is 21.7 Å². The molecule has 0 unspecified atom stereocenters. The number of rotatable bonds is 7. The number of ether oxygens (including phenoxy) is 2. The van der Waals surface area contributed by atoms with Gasteiger partial charge in [-0.3, -0.25) is 4.79 Å². The van der Waals surface area contributed by atoms with Crippen molar-refractivity contribution in [3.05, 3.63) is 65.5 Å². The third-order valence-electron chi connectivity index (χ3n) is 4.31. The molecule has 2 aromatic carbocycles. The standard InChI is InChI=1S/C20H20F2N4O3/c1-13-18(23-24-26(13)15-5-4-6-17(11-15)28-3)19(27)25(2)12-14-7-9-16(10-8-14)29-20(21)22/h4-11,20H,12H2,1-3H3. The number of halogens is 2. The fraction of sp³-hybridized carbons (Fsp3) is 0.250. The molecule has 0 spiro atoms. The Hall–Kier alpha value is -3.49. The van der Waals surface area contributed by atoms with Crippen LogP contribution in [0.15, 0.2) is 48.5 Å². The Kier molecular flexibility index (Phi) is 6.06. The molecule has 152 valence electrons. The smallest absolute Gasteiger partial charge is 0.387 e. The molecular weight excluding hydrogens is 382 g/mol. The van der Waals surface area contributed by atoms with Crippen molar-refractivity contribution in [2.75, 3.05) is 14.2 Å². The maximum atomic E-state index is 12.8. The lowest BCUT2D eigenvalue weighted by atomic mass is 10.2. The highest BCUT2D eigenvalue weighted by Crippen LogP contribution is 2.20. The molecule has 7 nitrogen and oxygen atoms in total. The highest BCUT2D eigenvalue weighted by molar-refractivity contribution is 5.93. The predicted octanol–water partition coefficient (Wildman–Crippen LogP) is 3.46. The number of hydrogen-bond acceptors (Lipinski definition) is 5. The first-order valence-electron chi connectivity index (χ1n) is 8.75. The molecule has 0 saturated heterocycles. The first kappa shape index (κ1) is 20.2. The molecule has 29 heavy (non-hydrogen) atoms. The van der Waals surface area contributed by atoms with Crippen molar-refractivity contribution in [3.8, 4) is 17.2 Å². The van der Waals surface area contributed by atoms with E-state index in [0.29, 0.717) is 11.4 Å². The quantitative estimate of drug-likeness (QED) is 0.605. The summed E-state index contributed by atoms with van der Waals surface area (Å²) >= 11 is 0. The number of aromatic nitrogens is 3. The van der Waals surface area contributed by atoms with E-state index in [1.165, 1.54) is 17.0 Å². The van der Waals surface area contributed by atoms with Crippen LogP contribution in [0.3, 0.4) is 0 Å². The van der Waals surface area contributed by atoms with Gasteiger partial charge >= 0.3 is 6.61 Å². The molecule has 1 aromatic heterocycles. The highest BCUT2D eigenvalue weighted by atomic mass is 19.3. The van der Waals surface area contributed by atoms with Crippen LogP contribution in [0.4, 0.5) is 8.78 Å². The Labute approximate surface area is 166 Å². The zero-order valence-electron chi connectivity index (χ0n) is 16.2. The van der Waals surface area contributed by atoms with E-state index in [1.807, 2.05) is 18.2 Å². The molecular formula is C20H20F2N4O3. The van der Waals surface area contributed by atoms with Gasteiger partial charge in [0.1, 0.15) is 11.5 Å². The van der Waals surface area contributed by atoms with Gasteiger partial charge in [0.15, 0.2) is 5.69 Å². The van der Waals surface area contributed by atoms with E-state index in [9.17, 15) is 13.6 Å². The van der Waals surface area contributed by atoms with Crippen molar-refractivity contribution < 1.29 is 23.0 Å². The average Bonchev–Trinajstić information content (AvgIpc) is 3.09. The van der Waals surface area contributed by atoms with E-state index in [0.717, 1.165) is 11.3 Å². The third kappa shape index (κ3) is 4.68. The third-order valence-corrected chi connectivity index (χ3v) is 4.31. The van der Waals surface area contributed by atoms with Gasteiger partial charge in [0.05, 0.1) is 18.5 Å². The van der Waals surface area contributed by atoms with Crippen LogP contribution < -0.4 is 9.47 Å². The summed E-state index contributed by atoms with van der Waals surface area (Å²) in [6.45, 7) is -0.837. The Morgan fingerprint density at radius 3 is 2.55 bits per heavy atom. The largest absolute Gasteiger partial charge is 0.497 e. The zero-order valence-corrected chi connectivity index (χ0v) is 16.2. The van der Waals surface area contributed by atoms with Crippen molar-refractivity contribution in [2.24, 2.45) is 0 Å². The Bertz CT molecular complexity index is 990. The molecule has 0 bridgehead atoms. The minimum Gasteiger partial charge on any atom is -0.497 e. The molecule has 3 rings (SSSR count). The Morgan fingerprint density at radius 2 is 1.90 bits per heavy atom. The van der Waals surface area contributed by atoms with Crippen LogP contribution in [0, 0.1) is 6.92 Å². The normalized spacial score (nSPS) is 10.8. The summed E-state index contributed by atoms with van der Waals surface area (Å²) in [4.78, 5) is 14.3. The van der Waals surface area contributed by atoms with Gasteiger partial charge in [0.25, 0.3) is 5.91 Å². The summed E-state index contributed by atoms with van der Waals surface area (Å²) in [6.07, 6.45) is 0. The second-order valence-corrected chi connectivity index (χ2v) is 6.32. The van der Waals surface area contributed by atoms with E-state index in [1.54, 1.807) is 44.0 Å². The topological polar surface area (TPSA) is 69.5 Å². The van der Waals surface area contributed by atoms with Crippen molar-refractivity contribution in [3.63, 3.8) is 0 Å². The van der Waals surface area contributed by atoms with Crippen molar-refractivity contribution in [1.82, 2.24) is 19.9 Å². The fourth-order valence-corrected chi connectivity index (χ4v) is 2.82. The lowest BCUT2D eigenvalue weighted by Gasteiger charge is -2.16. The van der Waals surface area contributed by atoms with E-state index in [2.05, 4.69) is 15.0 Å². The van der Waals surface area contributed by atoms with Gasteiger partial charge in [0, 0.05) is 19.7 Å². The van der Waals surface area contributed by atoms with E-state index >= 15 is 0 Å². The van der Waals surface area contributed by atoms with Crippen LogP contribution in [-0.4, -0.2) is 46.6 Å². The second kappa shape index (κ2) is 8.68. The summed E-state index contributed by atoms with van der Waals surface area (Å²) in [6, 6.07) is 13.4. The molecule has 1 heterocycles. The van der Waals surface area contributed by atoms with Gasteiger partial charge in [0.2, 0.25) is 0 Å². The zero-order chi connectivity index (χ0) is 21.0. The SMILES string of the molecule is COc1cccc(-n2nnc(C(=O)N(C)Cc3ccc(OC(F)F)cc3)c2C)c1. The number of nitrogens with zero attached hydrogens (tertiary/aromatic N) is 4. The van der Waals surface area contributed by atoms with Crippen molar-refractivity contribution in [1.29, 1.82) is 0 Å². The lowest BCUT2D eigenvalue weighted by Crippen LogP contribution is -2.27. The minimum absolute atomic E-state index is 0.0646. The lowest BCUT2D eigenvalue weighted by molar-refractivity contribution is -0.0498. The molecule has 0 N–H and O–H groups in total. The number of carbonyl (C=O) groups is 1. The van der Waals surface area contributed by atoms with E-state index in [-0.39, 0.29) is 23.9 Å². The van der Waals surface area contributed by atoms with Crippen LogP contribution in [0.5, 0.6) is 11.5 Å². The average molecular weight is 402 g/mol. The van der Waals surface area contributed by atoms with Crippen LogP contribution in [0.2, 0.25) is 0 Å². The Balaban J connectivity index is 1.74. The first-order valence-corrected chi connectivity index (χ1v) is 8.75. The van der Waals surface area contributed by atoms with Gasteiger partial charge in [-0.1, -0.05) is 23.4 Å².